The van der Waals surface area contributed by atoms with E-state index in [2.05, 4.69) is 13.8 Å². The van der Waals surface area contributed by atoms with E-state index in [4.69, 9.17) is 10.5 Å². The maximum Gasteiger partial charge on any atom is 0.411 e. The zero-order valence-corrected chi connectivity index (χ0v) is 11.0. The lowest BCUT2D eigenvalue weighted by atomic mass is 10.0. The largest absolute Gasteiger partial charge is 0.444 e. The monoisotopic (exact) mass is 228 g/mol. The number of ether oxygens (including phenoxy) is 1. The lowest BCUT2D eigenvalue weighted by Gasteiger charge is -2.36. The maximum atomic E-state index is 12.1. The van der Waals surface area contributed by atoms with Crippen molar-refractivity contribution in [3.05, 3.63) is 0 Å². The third-order valence-electron chi connectivity index (χ3n) is 2.97. The van der Waals surface area contributed by atoms with Crippen LogP contribution in [-0.2, 0) is 4.74 Å². The number of amides is 1. The molecule has 4 nitrogen and oxygen atoms in total. The van der Waals surface area contributed by atoms with Gasteiger partial charge in [0.15, 0.2) is 0 Å². The molecule has 94 valence electrons. The summed E-state index contributed by atoms with van der Waals surface area (Å²) in [5.74, 6) is 0. The van der Waals surface area contributed by atoms with Crippen molar-refractivity contribution in [1.82, 2.24) is 4.90 Å². The predicted octanol–water partition coefficient (Wildman–Crippen LogP) is 2.12. The average molecular weight is 228 g/mol. The van der Waals surface area contributed by atoms with Gasteiger partial charge in [0, 0.05) is 18.1 Å². The second-order valence-corrected chi connectivity index (χ2v) is 6.09. The van der Waals surface area contributed by atoms with E-state index in [9.17, 15) is 4.79 Å². The van der Waals surface area contributed by atoms with Crippen molar-refractivity contribution < 1.29 is 9.53 Å². The highest BCUT2D eigenvalue weighted by Gasteiger charge is 2.43. The summed E-state index contributed by atoms with van der Waals surface area (Å²) in [6.45, 7) is 10.3. The Balaban J connectivity index is 2.79. The summed E-state index contributed by atoms with van der Waals surface area (Å²) in [4.78, 5) is 13.9. The van der Waals surface area contributed by atoms with Crippen LogP contribution in [0.2, 0.25) is 0 Å². The third-order valence-corrected chi connectivity index (χ3v) is 2.97. The van der Waals surface area contributed by atoms with Gasteiger partial charge in [-0.05, 0) is 47.5 Å². The van der Waals surface area contributed by atoms with Gasteiger partial charge in [-0.1, -0.05) is 0 Å². The number of rotatable bonds is 1. The van der Waals surface area contributed by atoms with Gasteiger partial charge in [-0.3, -0.25) is 4.90 Å². The summed E-state index contributed by atoms with van der Waals surface area (Å²) in [5, 5.41) is 0. The van der Waals surface area contributed by atoms with Crippen LogP contribution in [0, 0.1) is 0 Å². The molecule has 0 unspecified atom stereocenters. The highest BCUT2D eigenvalue weighted by atomic mass is 16.6. The zero-order chi connectivity index (χ0) is 12.6. The van der Waals surface area contributed by atoms with Crippen molar-refractivity contribution in [3.8, 4) is 0 Å². The topological polar surface area (TPSA) is 55.6 Å². The Hall–Kier alpha value is -0.770. The molecule has 0 aromatic carbocycles. The van der Waals surface area contributed by atoms with Gasteiger partial charge in [0.25, 0.3) is 0 Å². The van der Waals surface area contributed by atoms with E-state index in [1.165, 1.54) is 0 Å². The molecule has 0 bridgehead atoms. The minimum Gasteiger partial charge on any atom is -0.444 e. The number of hydrogen-bond donors (Lipinski definition) is 1. The number of hydrogen-bond acceptors (Lipinski definition) is 3. The number of nitrogens with two attached hydrogens (primary N) is 1. The van der Waals surface area contributed by atoms with Crippen LogP contribution in [0.5, 0.6) is 0 Å². The van der Waals surface area contributed by atoms with E-state index in [1.54, 1.807) is 4.90 Å². The highest BCUT2D eigenvalue weighted by molar-refractivity contribution is 5.70. The molecule has 1 saturated heterocycles. The first-order valence-corrected chi connectivity index (χ1v) is 5.90. The summed E-state index contributed by atoms with van der Waals surface area (Å²) < 4.78 is 5.42. The Bertz CT molecular complexity index is 269. The molecule has 1 rings (SSSR count). The minimum absolute atomic E-state index is 0.116. The summed E-state index contributed by atoms with van der Waals surface area (Å²) in [7, 11) is 0. The highest BCUT2D eigenvalue weighted by Crippen LogP contribution is 2.34. The molecule has 0 aliphatic carbocycles. The molecule has 0 radical (unpaired) electrons. The Morgan fingerprint density at radius 1 is 1.50 bits per heavy atom. The Morgan fingerprint density at radius 2 is 2.06 bits per heavy atom. The van der Waals surface area contributed by atoms with E-state index < -0.39 is 5.60 Å². The van der Waals surface area contributed by atoms with Gasteiger partial charge in [0.2, 0.25) is 0 Å². The summed E-state index contributed by atoms with van der Waals surface area (Å²) in [6, 6.07) is 0.116. The van der Waals surface area contributed by atoms with Crippen LogP contribution >= 0.6 is 0 Å². The van der Waals surface area contributed by atoms with Gasteiger partial charge < -0.3 is 10.5 Å². The standard InChI is InChI=1S/C12H24N2O2/c1-11(2,3)16-10(15)14-9(8-13)6-7-12(14,4)5/h9H,6-8,13H2,1-5H3/t9-/m0/s1. The first-order chi connectivity index (χ1) is 7.17. The lowest BCUT2D eigenvalue weighted by Crippen LogP contribution is -2.51. The molecule has 4 heteroatoms. The number of carbonyl (C=O) groups is 1. The fourth-order valence-corrected chi connectivity index (χ4v) is 2.19. The molecule has 0 spiro atoms. The maximum absolute atomic E-state index is 12.1. The predicted molar refractivity (Wildman–Crippen MR) is 64.2 cm³/mol. The normalized spacial score (nSPS) is 24.6. The van der Waals surface area contributed by atoms with Crippen LogP contribution in [-0.4, -0.2) is 34.7 Å². The number of nitrogens with zero attached hydrogens (tertiary/aromatic N) is 1. The molecule has 2 N–H and O–H groups in total. The summed E-state index contributed by atoms with van der Waals surface area (Å²) in [6.07, 6.45) is 1.70. The van der Waals surface area contributed by atoms with E-state index in [0.717, 1.165) is 12.8 Å². The second kappa shape index (κ2) is 4.24. The van der Waals surface area contributed by atoms with Crippen LogP contribution < -0.4 is 5.73 Å². The van der Waals surface area contributed by atoms with Crippen molar-refractivity contribution >= 4 is 6.09 Å². The Labute approximate surface area is 98.1 Å². The quantitative estimate of drug-likeness (QED) is 0.748. The minimum atomic E-state index is -0.450. The molecule has 1 aliphatic heterocycles. The molecular formula is C12H24N2O2. The summed E-state index contributed by atoms with van der Waals surface area (Å²) in [5.41, 5.74) is 5.10. The Kier molecular flexibility index (Phi) is 3.53. The summed E-state index contributed by atoms with van der Waals surface area (Å²) >= 11 is 0. The van der Waals surface area contributed by atoms with E-state index in [1.807, 2.05) is 20.8 Å². The van der Waals surface area contributed by atoms with Gasteiger partial charge in [0.1, 0.15) is 5.60 Å². The number of likely N-dealkylation sites (tertiary alicyclic amines) is 1. The lowest BCUT2D eigenvalue weighted by molar-refractivity contribution is 0.00465. The third kappa shape index (κ3) is 2.88. The van der Waals surface area contributed by atoms with Crippen LogP contribution in [0.25, 0.3) is 0 Å². The van der Waals surface area contributed by atoms with Crippen LogP contribution in [0.1, 0.15) is 47.5 Å². The molecule has 1 aliphatic rings. The van der Waals surface area contributed by atoms with Crippen molar-refractivity contribution in [3.63, 3.8) is 0 Å². The Morgan fingerprint density at radius 3 is 2.50 bits per heavy atom. The van der Waals surface area contributed by atoms with Crippen molar-refractivity contribution in [2.24, 2.45) is 5.73 Å². The van der Waals surface area contributed by atoms with Gasteiger partial charge in [-0.25, -0.2) is 4.79 Å². The second-order valence-electron chi connectivity index (χ2n) is 6.09. The van der Waals surface area contributed by atoms with Gasteiger partial charge in [-0.15, -0.1) is 0 Å². The van der Waals surface area contributed by atoms with Crippen molar-refractivity contribution in [2.75, 3.05) is 6.54 Å². The molecule has 0 aromatic rings. The number of carbonyl (C=O) groups excluding carboxylic acids is 1. The molecule has 1 amide bonds. The zero-order valence-electron chi connectivity index (χ0n) is 11.0. The first kappa shape index (κ1) is 13.3. The first-order valence-electron chi connectivity index (χ1n) is 5.90. The fraction of sp³-hybridized carbons (Fsp3) is 0.917. The van der Waals surface area contributed by atoms with Crippen LogP contribution in [0.4, 0.5) is 4.79 Å². The molecule has 1 atom stereocenters. The van der Waals surface area contributed by atoms with E-state index in [0.29, 0.717) is 6.54 Å². The molecular weight excluding hydrogens is 204 g/mol. The van der Waals surface area contributed by atoms with Crippen LogP contribution in [0.15, 0.2) is 0 Å². The molecule has 1 heterocycles. The SMILES string of the molecule is CC(C)(C)OC(=O)N1[C@H](CN)CCC1(C)C. The molecule has 0 aromatic heterocycles. The van der Waals surface area contributed by atoms with E-state index in [-0.39, 0.29) is 17.7 Å². The average Bonchev–Trinajstić information content (AvgIpc) is 2.37. The van der Waals surface area contributed by atoms with Gasteiger partial charge >= 0.3 is 6.09 Å². The molecule has 1 fully saturated rings. The molecule has 16 heavy (non-hydrogen) atoms. The fourth-order valence-electron chi connectivity index (χ4n) is 2.19. The molecule has 0 saturated carbocycles. The van der Waals surface area contributed by atoms with Gasteiger partial charge in [0.05, 0.1) is 0 Å². The van der Waals surface area contributed by atoms with Crippen LogP contribution in [0.3, 0.4) is 0 Å². The van der Waals surface area contributed by atoms with E-state index >= 15 is 0 Å². The van der Waals surface area contributed by atoms with Crippen molar-refractivity contribution in [1.29, 1.82) is 0 Å². The van der Waals surface area contributed by atoms with Gasteiger partial charge in [-0.2, -0.15) is 0 Å². The van der Waals surface area contributed by atoms with Crippen molar-refractivity contribution in [2.45, 2.75) is 64.6 Å². The smallest absolute Gasteiger partial charge is 0.411 e.